The summed E-state index contributed by atoms with van der Waals surface area (Å²) in [5.41, 5.74) is 3.74. The molecule has 2 aliphatic rings. The summed E-state index contributed by atoms with van der Waals surface area (Å²) in [4.78, 5) is 9.92. The maximum absolute atomic E-state index is 13.3. The van der Waals surface area contributed by atoms with Crippen LogP contribution in [-0.4, -0.2) is 26.6 Å². The number of primary amides is 1. The zero-order valence-electron chi connectivity index (χ0n) is 16.7. The fourth-order valence-electron chi connectivity index (χ4n) is 3.70. The van der Waals surface area contributed by atoms with Gasteiger partial charge in [-0.3, -0.25) is 4.79 Å². The molecule has 3 N–H and O–H groups in total. The Morgan fingerprint density at radius 3 is 2.15 bits per heavy atom. The van der Waals surface area contributed by atoms with Crippen molar-refractivity contribution in [2.75, 3.05) is 11.9 Å². The van der Waals surface area contributed by atoms with E-state index in [1.807, 2.05) is 6.07 Å². The van der Waals surface area contributed by atoms with E-state index in [-0.39, 0.29) is 41.7 Å². The molecule has 1 aromatic carbocycles. The van der Waals surface area contributed by atoms with Gasteiger partial charge in [0.05, 0.1) is 15.5 Å². The van der Waals surface area contributed by atoms with Gasteiger partial charge < -0.3 is 11.1 Å². The lowest BCUT2D eigenvalue weighted by Crippen LogP contribution is -2.30. The maximum atomic E-state index is 13.3. The van der Waals surface area contributed by atoms with Crippen molar-refractivity contribution in [3.63, 3.8) is 0 Å². The van der Waals surface area contributed by atoms with Gasteiger partial charge in [-0.05, 0) is 31.4 Å². The highest BCUT2D eigenvalue weighted by atomic mass is 35.5. The van der Waals surface area contributed by atoms with Crippen molar-refractivity contribution >= 4 is 68.4 Å². The topological polar surface area (TPSA) is 96.7 Å². The second-order valence-corrected chi connectivity index (χ2v) is 13.1. The van der Waals surface area contributed by atoms with Gasteiger partial charge in [-0.1, -0.05) is 42.6 Å². The molecule has 16 heteroatoms. The van der Waals surface area contributed by atoms with Crippen LogP contribution < -0.4 is 11.1 Å². The Morgan fingerprint density at radius 1 is 1.24 bits per heavy atom. The molecule has 2 saturated carbocycles. The van der Waals surface area contributed by atoms with Crippen molar-refractivity contribution < 1.29 is 24.2 Å². The van der Waals surface area contributed by atoms with E-state index in [1.54, 1.807) is 0 Å². The van der Waals surface area contributed by atoms with Gasteiger partial charge in [-0.2, -0.15) is 10.4 Å². The molecule has 0 bridgehead atoms. The number of nitrogens with two attached hydrogens (primary N) is 1. The molecule has 2 fully saturated rings. The molecular formula is C18H14Cl4F5N5OS. The van der Waals surface area contributed by atoms with Gasteiger partial charge in [0.15, 0.2) is 5.69 Å². The van der Waals surface area contributed by atoms with E-state index >= 15 is 0 Å². The van der Waals surface area contributed by atoms with Crippen LogP contribution in [0.1, 0.15) is 30.5 Å². The van der Waals surface area contributed by atoms with Crippen LogP contribution >= 0.6 is 56.6 Å². The predicted molar refractivity (Wildman–Crippen MR) is 121 cm³/mol. The zero-order valence-corrected chi connectivity index (χ0v) is 20.5. The molecule has 0 aliphatic heterocycles. The first-order chi connectivity index (χ1) is 15.3. The SMILES string of the molecule is N#Cc1nn(-c2c(Cl)cc(S(F)(F)(F)(F)F)cc2Cl)c(NCC2CC2(Cl)Cl)c1C1(C(N)=O)CC1. The van der Waals surface area contributed by atoms with E-state index in [1.165, 1.54) is 0 Å². The Bertz CT molecular complexity index is 1260. The van der Waals surface area contributed by atoms with Gasteiger partial charge in [0, 0.05) is 18.0 Å². The van der Waals surface area contributed by atoms with E-state index in [2.05, 4.69) is 10.4 Å². The molecule has 0 saturated heterocycles. The number of nitrogens with one attached hydrogen (secondary N) is 1. The number of nitrogens with zero attached hydrogens (tertiary/aromatic N) is 3. The normalized spacial score (nSPS) is 22.3. The number of amides is 1. The molecule has 0 spiro atoms. The molecular weight excluding hydrogens is 571 g/mol. The van der Waals surface area contributed by atoms with Crippen molar-refractivity contribution in [3.05, 3.63) is 33.4 Å². The standard InChI is InChI=1S/C18H14Cl4F5N5OS/c19-10-3-9(34(23,24,25,26)27)4-11(20)14(10)32-15(30-7-8-5-18(8,21)22)13(12(6-28)31-32)17(1-2-17)16(29)33/h3-4,8,30H,1-2,5,7H2,(H2,29,33). The lowest BCUT2D eigenvalue weighted by atomic mass is 9.94. The van der Waals surface area contributed by atoms with Crippen LogP contribution in [0.2, 0.25) is 10.0 Å². The van der Waals surface area contributed by atoms with Crippen LogP contribution in [0.3, 0.4) is 0 Å². The van der Waals surface area contributed by atoms with Gasteiger partial charge in [0.25, 0.3) is 0 Å². The molecule has 2 aliphatic carbocycles. The Morgan fingerprint density at radius 2 is 1.76 bits per heavy atom. The second-order valence-electron chi connectivity index (χ2n) is 8.29. The summed E-state index contributed by atoms with van der Waals surface area (Å²) in [5, 5.41) is 15.1. The molecule has 1 unspecified atom stereocenters. The molecule has 1 amide bonds. The highest BCUT2D eigenvalue weighted by Gasteiger charge is 2.66. The Balaban J connectivity index is 1.91. The van der Waals surface area contributed by atoms with Crippen LogP contribution in [-0.2, 0) is 10.2 Å². The highest BCUT2D eigenvalue weighted by molar-refractivity contribution is 8.45. The number of hydrogen-bond donors (Lipinski definition) is 2. The van der Waals surface area contributed by atoms with Crippen molar-refractivity contribution in [1.82, 2.24) is 9.78 Å². The first kappa shape index (κ1) is 25.4. The van der Waals surface area contributed by atoms with Gasteiger partial charge in [-0.25, -0.2) is 4.68 Å². The summed E-state index contributed by atoms with van der Waals surface area (Å²) in [6.45, 7) is 0.129. The smallest absolute Gasteiger partial charge is 0.310 e. The monoisotopic (exact) mass is 583 g/mol. The van der Waals surface area contributed by atoms with Crippen molar-refractivity contribution in [2.24, 2.45) is 11.7 Å². The first-order valence-corrected chi connectivity index (χ1v) is 13.0. The summed E-state index contributed by atoms with van der Waals surface area (Å²) in [5.74, 6) is -0.981. The average Bonchev–Trinajstić information content (AvgIpc) is 3.55. The second kappa shape index (κ2) is 6.97. The van der Waals surface area contributed by atoms with Crippen LogP contribution in [0, 0.1) is 17.2 Å². The molecule has 1 heterocycles. The molecule has 4 rings (SSSR count). The van der Waals surface area contributed by atoms with Crippen LogP contribution in [0.4, 0.5) is 25.2 Å². The minimum Gasteiger partial charge on any atom is -0.369 e. The minimum absolute atomic E-state index is 0.00669. The van der Waals surface area contributed by atoms with Gasteiger partial charge in [-0.15, -0.1) is 23.2 Å². The molecule has 1 aromatic heterocycles. The highest BCUT2D eigenvalue weighted by Crippen LogP contribution is 3.02. The van der Waals surface area contributed by atoms with Crippen molar-refractivity contribution in [3.8, 4) is 11.8 Å². The third kappa shape index (κ3) is 4.37. The van der Waals surface area contributed by atoms with Crippen LogP contribution in [0.15, 0.2) is 17.0 Å². The number of halogens is 9. The summed E-state index contributed by atoms with van der Waals surface area (Å²) in [7, 11) is -10.1. The van der Waals surface area contributed by atoms with Gasteiger partial charge in [0.2, 0.25) is 5.91 Å². The third-order valence-corrected chi connectivity index (χ3v) is 8.44. The number of rotatable bonds is 7. The summed E-state index contributed by atoms with van der Waals surface area (Å²) >= 11 is 24.1. The lowest BCUT2D eigenvalue weighted by Gasteiger charge is -2.40. The fraction of sp³-hybridized carbons (Fsp3) is 0.389. The van der Waals surface area contributed by atoms with Crippen LogP contribution in [0.5, 0.6) is 0 Å². The Kier molecular flexibility index (Phi) is 5.22. The average molecular weight is 585 g/mol. The number of benzene rings is 1. The third-order valence-electron chi connectivity index (χ3n) is 5.81. The number of anilines is 1. The minimum atomic E-state index is -10.1. The number of hydrogen-bond acceptors (Lipinski definition) is 4. The maximum Gasteiger partial charge on any atom is 0.310 e. The van der Waals surface area contributed by atoms with Crippen molar-refractivity contribution in [2.45, 2.75) is 33.9 Å². The van der Waals surface area contributed by atoms with Gasteiger partial charge in [0.1, 0.15) is 26.8 Å². The number of carbonyl (C=O) groups excluding carboxylic acids is 1. The number of nitriles is 1. The van der Waals surface area contributed by atoms with Crippen LogP contribution in [0.25, 0.3) is 5.69 Å². The quantitative estimate of drug-likeness (QED) is 0.275. The van der Waals surface area contributed by atoms with E-state index in [0.717, 1.165) is 4.68 Å². The zero-order chi connectivity index (χ0) is 25.5. The first-order valence-electron chi connectivity index (χ1n) is 9.49. The van der Waals surface area contributed by atoms with E-state index in [0.29, 0.717) is 19.3 Å². The number of alkyl halides is 2. The molecule has 6 nitrogen and oxygen atoms in total. The summed E-state index contributed by atoms with van der Waals surface area (Å²) in [6.07, 6.45) is 1.01. The Hall–Kier alpha value is -1.65. The molecule has 2 aromatic rings. The largest absolute Gasteiger partial charge is 0.369 e. The fourth-order valence-corrected chi connectivity index (χ4v) is 5.68. The molecule has 1 atom stereocenters. The van der Waals surface area contributed by atoms with Crippen molar-refractivity contribution in [1.29, 1.82) is 5.26 Å². The number of aromatic nitrogens is 2. The molecule has 34 heavy (non-hydrogen) atoms. The Labute approximate surface area is 209 Å². The summed E-state index contributed by atoms with van der Waals surface area (Å²) in [6, 6.07) is 1.89. The molecule has 0 radical (unpaired) electrons. The summed E-state index contributed by atoms with van der Waals surface area (Å²) < 4.78 is 66.5. The lowest BCUT2D eigenvalue weighted by molar-refractivity contribution is -0.120. The van der Waals surface area contributed by atoms with E-state index < -0.39 is 46.5 Å². The predicted octanol–water partition coefficient (Wildman–Crippen LogP) is 6.83. The van der Waals surface area contributed by atoms with Gasteiger partial charge >= 0.3 is 10.2 Å². The van der Waals surface area contributed by atoms with E-state index in [4.69, 9.17) is 52.1 Å². The van der Waals surface area contributed by atoms with E-state index in [9.17, 15) is 29.5 Å². The number of carbonyl (C=O) groups is 1. The molecule has 186 valence electrons.